The maximum Gasteiger partial charge on any atom is 0.280 e. The molecular weight excluding hydrogens is 578 g/mol. The van der Waals surface area contributed by atoms with Gasteiger partial charge in [-0.1, -0.05) is 52.8 Å². The third-order valence-electron chi connectivity index (χ3n) is 8.31. The van der Waals surface area contributed by atoms with E-state index in [-0.39, 0.29) is 23.1 Å². The maximum atomic E-state index is 14.7. The molecule has 0 radical (unpaired) electrons. The minimum Gasteiger partial charge on any atom is -0.338 e. The second kappa shape index (κ2) is 13.5. The number of hydrogen-bond donors (Lipinski definition) is 0. The molecule has 1 aromatic carbocycles. The van der Waals surface area contributed by atoms with Crippen LogP contribution in [0.2, 0.25) is 0 Å². The highest BCUT2D eigenvalue weighted by Crippen LogP contribution is 2.32. The average molecular weight is 619 g/mol. The predicted molar refractivity (Wildman–Crippen MR) is 173 cm³/mol. The lowest BCUT2D eigenvalue weighted by atomic mass is 9.95. The Kier molecular flexibility index (Phi) is 9.73. The van der Waals surface area contributed by atoms with Gasteiger partial charge in [-0.15, -0.1) is 11.3 Å². The summed E-state index contributed by atoms with van der Waals surface area (Å²) < 4.78 is 28.0. The van der Waals surface area contributed by atoms with E-state index in [0.29, 0.717) is 52.8 Å². The molecule has 6 nitrogen and oxygen atoms in total. The third-order valence-corrected chi connectivity index (χ3v) is 9.18. The highest BCUT2D eigenvalue weighted by molar-refractivity contribution is 7.13. The number of carbonyl (C=O) groups is 1. The van der Waals surface area contributed by atoms with Crippen molar-refractivity contribution < 1.29 is 13.6 Å². The van der Waals surface area contributed by atoms with Crippen LogP contribution in [0.1, 0.15) is 86.8 Å². The normalized spacial score (nSPS) is 15.4. The third kappa shape index (κ3) is 6.39. The van der Waals surface area contributed by atoms with Crippen LogP contribution in [0.5, 0.6) is 0 Å². The largest absolute Gasteiger partial charge is 0.338 e. The van der Waals surface area contributed by atoms with Crippen LogP contribution in [-0.2, 0) is 19.3 Å². The molecule has 0 bridgehead atoms. The number of benzene rings is 1. The molecule has 1 aliphatic heterocycles. The second-order valence-electron chi connectivity index (χ2n) is 12.1. The van der Waals surface area contributed by atoms with Gasteiger partial charge in [-0.2, -0.15) is 0 Å². The molecule has 5 rings (SSSR count). The minimum absolute atomic E-state index is 0.0576. The summed E-state index contributed by atoms with van der Waals surface area (Å²) in [5, 5.41) is 2.27. The molecule has 0 aliphatic carbocycles. The summed E-state index contributed by atoms with van der Waals surface area (Å²) in [6, 6.07) is 10.7. The van der Waals surface area contributed by atoms with Gasteiger partial charge in [0.1, 0.15) is 10.7 Å². The quantitative estimate of drug-likeness (QED) is 0.190. The smallest absolute Gasteiger partial charge is 0.280 e. The number of nitrogens with zero attached hydrogens (tertiary/aromatic N) is 4. The number of rotatable bonds is 9. The number of halogens is 2. The molecule has 0 N–H and O–H groups in total. The Hall–Kier alpha value is -3.72. The van der Waals surface area contributed by atoms with Crippen molar-refractivity contribution in [2.24, 2.45) is 11.8 Å². The lowest BCUT2D eigenvalue weighted by Gasteiger charge is -2.32. The van der Waals surface area contributed by atoms with Crippen molar-refractivity contribution in [3.63, 3.8) is 0 Å². The van der Waals surface area contributed by atoms with Gasteiger partial charge in [-0.25, -0.2) is 13.8 Å². The number of carbonyl (C=O) groups excluding carboxylic acids is 1. The molecule has 4 aromatic rings. The van der Waals surface area contributed by atoms with Gasteiger partial charge in [0.15, 0.2) is 0 Å². The second-order valence-corrected chi connectivity index (χ2v) is 13.0. The van der Waals surface area contributed by atoms with Crippen molar-refractivity contribution in [2.75, 3.05) is 13.1 Å². The zero-order valence-electron chi connectivity index (χ0n) is 26.1. The number of likely N-dealkylation sites (tertiary alicyclic amines) is 1. The SMILES string of the molecule is CCc1cccc(CC)c1-n1c(CC(C)C)c(C(=O)N2CCC[C@H](C)C2)cc(-c2nc(-c3ccc(C(F)F)nc3)cs2)c1=O. The molecule has 1 amide bonds. The summed E-state index contributed by atoms with van der Waals surface area (Å²) in [6.07, 6.45) is 2.79. The van der Waals surface area contributed by atoms with Gasteiger partial charge >= 0.3 is 0 Å². The molecule has 0 spiro atoms. The molecule has 4 heterocycles. The lowest BCUT2D eigenvalue weighted by Crippen LogP contribution is -2.40. The molecule has 0 saturated carbocycles. The number of aryl methyl sites for hydroxylation is 2. The van der Waals surface area contributed by atoms with E-state index in [4.69, 9.17) is 4.98 Å². The van der Waals surface area contributed by atoms with E-state index in [1.807, 2.05) is 11.0 Å². The van der Waals surface area contributed by atoms with Crippen LogP contribution in [0.4, 0.5) is 8.78 Å². The molecule has 1 saturated heterocycles. The number of alkyl halides is 2. The monoisotopic (exact) mass is 618 g/mol. The van der Waals surface area contributed by atoms with Crippen molar-refractivity contribution in [3.8, 4) is 27.5 Å². The fraction of sp³-hybridized carbons (Fsp3) is 0.429. The Labute approximate surface area is 261 Å². The van der Waals surface area contributed by atoms with Crippen molar-refractivity contribution in [3.05, 3.63) is 86.4 Å². The summed E-state index contributed by atoms with van der Waals surface area (Å²) in [5.41, 5.74) is 5.17. The van der Waals surface area contributed by atoms with Crippen molar-refractivity contribution >= 4 is 17.2 Å². The summed E-state index contributed by atoms with van der Waals surface area (Å²) in [7, 11) is 0. The number of para-hydroxylation sites is 1. The van der Waals surface area contributed by atoms with Gasteiger partial charge in [0.05, 0.1) is 22.5 Å². The van der Waals surface area contributed by atoms with Crippen LogP contribution in [0.25, 0.3) is 27.5 Å². The first kappa shape index (κ1) is 31.7. The van der Waals surface area contributed by atoms with Gasteiger partial charge < -0.3 is 4.90 Å². The number of pyridine rings is 2. The van der Waals surface area contributed by atoms with Crippen LogP contribution < -0.4 is 5.56 Å². The van der Waals surface area contributed by atoms with Gasteiger partial charge in [0.25, 0.3) is 17.9 Å². The molecule has 0 unspecified atom stereocenters. The summed E-state index contributed by atoms with van der Waals surface area (Å²) in [4.78, 5) is 39.6. The van der Waals surface area contributed by atoms with E-state index in [1.165, 1.54) is 23.6 Å². The van der Waals surface area contributed by atoms with E-state index in [0.717, 1.165) is 48.2 Å². The Balaban J connectivity index is 1.76. The number of aromatic nitrogens is 3. The highest BCUT2D eigenvalue weighted by atomic mass is 32.1. The Morgan fingerprint density at radius 1 is 1.11 bits per heavy atom. The van der Waals surface area contributed by atoms with Crippen LogP contribution >= 0.6 is 11.3 Å². The number of hydrogen-bond acceptors (Lipinski definition) is 5. The van der Waals surface area contributed by atoms with Crippen LogP contribution in [0.15, 0.2) is 52.8 Å². The minimum atomic E-state index is -2.66. The molecule has 232 valence electrons. The van der Waals surface area contributed by atoms with E-state index in [2.05, 4.69) is 51.7 Å². The molecule has 1 fully saturated rings. The molecule has 9 heteroatoms. The van der Waals surface area contributed by atoms with E-state index >= 15 is 0 Å². The lowest BCUT2D eigenvalue weighted by molar-refractivity contribution is 0.0680. The first-order chi connectivity index (χ1) is 21.1. The van der Waals surface area contributed by atoms with Crippen molar-refractivity contribution in [1.82, 2.24) is 19.4 Å². The molecule has 1 atom stereocenters. The number of thiazole rings is 1. The van der Waals surface area contributed by atoms with Crippen molar-refractivity contribution in [1.29, 1.82) is 0 Å². The van der Waals surface area contributed by atoms with E-state index in [1.54, 1.807) is 22.1 Å². The van der Waals surface area contributed by atoms with Gasteiger partial charge in [0.2, 0.25) is 0 Å². The van der Waals surface area contributed by atoms with E-state index < -0.39 is 6.43 Å². The zero-order valence-corrected chi connectivity index (χ0v) is 26.9. The fourth-order valence-corrected chi connectivity index (χ4v) is 6.91. The number of amides is 1. The Morgan fingerprint density at radius 2 is 1.84 bits per heavy atom. The fourth-order valence-electron chi connectivity index (χ4n) is 6.08. The number of piperidine rings is 1. The first-order valence-electron chi connectivity index (χ1n) is 15.5. The molecular formula is C35H40F2N4O2S. The zero-order chi connectivity index (χ0) is 31.5. The summed E-state index contributed by atoms with van der Waals surface area (Å²) in [6.45, 7) is 11.9. The Bertz CT molecular complexity index is 1670. The molecule has 1 aliphatic rings. The maximum absolute atomic E-state index is 14.7. The summed E-state index contributed by atoms with van der Waals surface area (Å²) in [5.74, 6) is 0.552. The topological polar surface area (TPSA) is 68.1 Å². The predicted octanol–water partition coefficient (Wildman–Crippen LogP) is 8.16. The van der Waals surface area contributed by atoms with Gasteiger partial charge in [0, 0.05) is 35.9 Å². The first-order valence-corrected chi connectivity index (χ1v) is 16.4. The standard InChI is InChI=1S/C35H40F2N4O2S/c1-6-23-11-8-12-24(7-2)31(23)41-30(16-21(3)4)26(34(42)40-15-9-10-22(5)19-40)17-27(35(41)43)33-39-29(20-44-33)25-13-14-28(32(36)37)38-18-25/h8,11-14,17-18,20-22,32H,6-7,9-10,15-16,19H2,1-5H3/t22-/m0/s1. The molecule has 3 aromatic heterocycles. The Morgan fingerprint density at radius 3 is 2.43 bits per heavy atom. The van der Waals surface area contributed by atoms with E-state index in [9.17, 15) is 18.4 Å². The summed E-state index contributed by atoms with van der Waals surface area (Å²) >= 11 is 1.30. The van der Waals surface area contributed by atoms with Crippen molar-refractivity contribution in [2.45, 2.75) is 73.1 Å². The van der Waals surface area contributed by atoms with Crippen LogP contribution in [0, 0.1) is 11.8 Å². The highest BCUT2D eigenvalue weighted by Gasteiger charge is 2.29. The van der Waals surface area contributed by atoms with Gasteiger partial charge in [-0.3, -0.25) is 19.1 Å². The van der Waals surface area contributed by atoms with Crippen LogP contribution in [0.3, 0.4) is 0 Å². The average Bonchev–Trinajstić information content (AvgIpc) is 3.50. The van der Waals surface area contributed by atoms with Gasteiger partial charge in [-0.05, 0) is 73.3 Å². The van der Waals surface area contributed by atoms with Crippen LogP contribution in [-0.4, -0.2) is 38.4 Å². The molecule has 44 heavy (non-hydrogen) atoms.